The number of fused-ring (bicyclic) bond motifs is 1. The van der Waals surface area contributed by atoms with Crippen LogP contribution in [0.3, 0.4) is 0 Å². The lowest BCUT2D eigenvalue weighted by Crippen LogP contribution is -2.12. The highest BCUT2D eigenvalue weighted by atomic mass is 32.1. The van der Waals surface area contributed by atoms with Gasteiger partial charge in [0.1, 0.15) is 4.88 Å². The second-order valence-electron chi connectivity index (χ2n) is 5.92. The number of nitro benzene ring substituents is 1. The predicted octanol–water partition coefficient (Wildman–Crippen LogP) is 4.53. The summed E-state index contributed by atoms with van der Waals surface area (Å²) < 4.78 is 1.88. The minimum Gasteiger partial charge on any atom is -0.321 e. The van der Waals surface area contributed by atoms with Gasteiger partial charge >= 0.3 is 0 Å². The summed E-state index contributed by atoms with van der Waals surface area (Å²) in [7, 11) is 0. The molecule has 1 amide bonds. The average molecular weight is 378 g/mol. The van der Waals surface area contributed by atoms with Crippen LogP contribution in [-0.4, -0.2) is 20.2 Å². The van der Waals surface area contributed by atoms with Gasteiger partial charge in [-0.3, -0.25) is 19.3 Å². The van der Waals surface area contributed by atoms with Crippen molar-refractivity contribution < 1.29 is 9.72 Å². The number of hydrogen-bond donors (Lipinski definition) is 1. The van der Waals surface area contributed by atoms with E-state index in [9.17, 15) is 14.9 Å². The molecule has 4 aromatic rings. The van der Waals surface area contributed by atoms with Gasteiger partial charge < -0.3 is 5.32 Å². The monoisotopic (exact) mass is 378 g/mol. The van der Waals surface area contributed by atoms with E-state index in [2.05, 4.69) is 10.3 Å². The number of benzene rings is 2. The Labute approximate surface area is 158 Å². The maximum Gasteiger partial charge on any atom is 0.271 e. The fraction of sp³-hybridized carbons (Fsp3) is 0.0526. The Morgan fingerprint density at radius 2 is 1.96 bits per heavy atom. The van der Waals surface area contributed by atoms with Gasteiger partial charge in [0.2, 0.25) is 0 Å². The van der Waals surface area contributed by atoms with Gasteiger partial charge in [0.05, 0.1) is 10.6 Å². The van der Waals surface area contributed by atoms with E-state index in [0.29, 0.717) is 10.6 Å². The van der Waals surface area contributed by atoms with Crippen molar-refractivity contribution in [2.45, 2.75) is 6.92 Å². The number of carbonyl (C=O) groups excluding carboxylic acids is 1. The standard InChI is InChI=1S/C19H14N4O3S/c1-12-17(18(24)20-14-8-5-9-15(10-14)23(25)26)27-19-21-16(11-22(12)19)13-6-3-2-4-7-13/h2-11H,1H3,(H,20,24). The fourth-order valence-corrected chi connectivity index (χ4v) is 3.80. The number of thiazole rings is 1. The number of nitrogens with zero attached hydrogens (tertiary/aromatic N) is 3. The van der Waals surface area contributed by atoms with Gasteiger partial charge in [0.15, 0.2) is 4.96 Å². The summed E-state index contributed by atoms with van der Waals surface area (Å²) in [5.74, 6) is -0.315. The van der Waals surface area contributed by atoms with Crippen LogP contribution < -0.4 is 5.32 Å². The van der Waals surface area contributed by atoms with Crippen LogP contribution in [0.2, 0.25) is 0 Å². The molecule has 27 heavy (non-hydrogen) atoms. The van der Waals surface area contributed by atoms with Crippen molar-refractivity contribution >= 4 is 33.6 Å². The minimum absolute atomic E-state index is 0.0713. The summed E-state index contributed by atoms with van der Waals surface area (Å²) in [6.07, 6.45) is 1.90. The smallest absolute Gasteiger partial charge is 0.271 e. The van der Waals surface area contributed by atoms with Crippen molar-refractivity contribution in [3.8, 4) is 11.3 Å². The number of amides is 1. The van der Waals surface area contributed by atoms with Crippen molar-refractivity contribution in [1.29, 1.82) is 0 Å². The number of rotatable bonds is 4. The molecule has 4 rings (SSSR count). The fourth-order valence-electron chi connectivity index (χ4n) is 2.79. The molecule has 1 N–H and O–H groups in total. The zero-order valence-electron chi connectivity index (χ0n) is 14.2. The molecule has 0 spiro atoms. The molecule has 2 aromatic heterocycles. The first-order valence-electron chi connectivity index (χ1n) is 8.12. The lowest BCUT2D eigenvalue weighted by Gasteiger charge is -2.04. The molecule has 2 heterocycles. The summed E-state index contributed by atoms with van der Waals surface area (Å²) in [5.41, 5.74) is 2.93. The lowest BCUT2D eigenvalue weighted by molar-refractivity contribution is -0.384. The highest BCUT2D eigenvalue weighted by Gasteiger charge is 2.19. The van der Waals surface area contributed by atoms with Crippen molar-refractivity contribution in [2.24, 2.45) is 0 Å². The van der Waals surface area contributed by atoms with E-state index < -0.39 is 4.92 Å². The van der Waals surface area contributed by atoms with Crippen LogP contribution in [0.25, 0.3) is 16.2 Å². The Morgan fingerprint density at radius 3 is 2.67 bits per heavy atom. The SMILES string of the molecule is Cc1c(C(=O)Nc2cccc([N+](=O)[O-])c2)sc2nc(-c3ccccc3)cn12. The highest BCUT2D eigenvalue weighted by molar-refractivity contribution is 7.19. The van der Waals surface area contributed by atoms with Crippen LogP contribution in [0.5, 0.6) is 0 Å². The maximum atomic E-state index is 12.6. The van der Waals surface area contributed by atoms with Gasteiger partial charge in [-0.25, -0.2) is 4.98 Å². The number of aryl methyl sites for hydroxylation is 1. The van der Waals surface area contributed by atoms with E-state index in [0.717, 1.165) is 21.9 Å². The number of nitrogens with one attached hydrogen (secondary N) is 1. The third-order valence-electron chi connectivity index (χ3n) is 4.15. The minimum atomic E-state index is -0.495. The van der Waals surface area contributed by atoms with Crippen molar-refractivity contribution in [3.05, 3.63) is 81.5 Å². The number of non-ortho nitro benzene ring substituents is 1. The first-order valence-corrected chi connectivity index (χ1v) is 8.94. The quantitative estimate of drug-likeness (QED) is 0.417. The largest absolute Gasteiger partial charge is 0.321 e. The molecule has 0 bridgehead atoms. The molecule has 134 valence electrons. The Hall–Kier alpha value is -3.52. The predicted molar refractivity (Wildman–Crippen MR) is 104 cm³/mol. The van der Waals surface area contributed by atoms with E-state index in [4.69, 9.17) is 0 Å². The van der Waals surface area contributed by atoms with E-state index >= 15 is 0 Å². The van der Waals surface area contributed by atoms with Crippen molar-refractivity contribution in [3.63, 3.8) is 0 Å². The first-order chi connectivity index (χ1) is 13.0. The molecular weight excluding hydrogens is 364 g/mol. The molecule has 0 atom stereocenters. The van der Waals surface area contributed by atoms with E-state index in [1.54, 1.807) is 6.07 Å². The van der Waals surface area contributed by atoms with E-state index in [1.807, 2.05) is 47.9 Å². The maximum absolute atomic E-state index is 12.6. The normalized spacial score (nSPS) is 10.9. The molecule has 0 aliphatic heterocycles. The summed E-state index contributed by atoms with van der Waals surface area (Å²) in [6.45, 7) is 1.85. The van der Waals surface area contributed by atoms with Gasteiger partial charge in [-0.05, 0) is 13.0 Å². The van der Waals surface area contributed by atoms with Gasteiger partial charge in [0.25, 0.3) is 11.6 Å². The number of anilines is 1. The summed E-state index contributed by atoms with van der Waals surface area (Å²) in [6, 6.07) is 15.7. The van der Waals surface area contributed by atoms with Crippen LogP contribution in [0, 0.1) is 17.0 Å². The molecule has 0 unspecified atom stereocenters. The van der Waals surface area contributed by atoms with Crippen LogP contribution in [-0.2, 0) is 0 Å². The van der Waals surface area contributed by atoms with Crippen LogP contribution >= 0.6 is 11.3 Å². The second-order valence-corrected chi connectivity index (χ2v) is 6.90. The topological polar surface area (TPSA) is 89.5 Å². The number of hydrogen-bond acceptors (Lipinski definition) is 5. The third-order valence-corrected chi connectivity index (χ3v) is 5.30. The summed E-state index contributed by atoms with van der Waals surface area (Å²) in [5, 5.41) is 13.6. The zero-order valence-corrected chi connectivity index (χ0v) is 15.1. The first kappa shape index (κ1) is 16.9. The Kier molecular flexibility index (Phi) is 4.17. The third kappa shape index (κ3) is 3.18. The molecule has 0 aliphatic rings. The molecule has 0 saturated carbocycles. The van der Waals surface area contributed by atoms with Gasteiger partial charge in [-0.15, -0.1) is 0 Å². The molecule has 0 fully saturated rings. The summed E-state index contributed by atoms with van der Waals surface area (Å²) in [4.78, 5) is 28.8. The molecule has 0 saturated heterocycles. The number of imidazole rings is 1. The van der Waals surface area contributed by atoms with E-state index in [-0.39, 0.29) is 11.6 Å². The number of nitro groups is 1. The van der Waals surface area contributed by atoms with Crippen LogP contribution in [0.15, 0.2) is 60.8 Å². The second kappa shape index (κ2) is 6.65. The van der Waals surface area contributed by atoms with Gasteiger partial charge in [-0.1, -0.05) is 47.7 Å². The highest BCUT2D eigenvalue weighted by Crippen LogP contribution is 2.28. The summed E-state index contributed by atoms with van der Waals surface area (Å²) >= 11 is 1.28. The van der Waals surface area contributed by atoms with Gasteiger partial charge in [-0.2, -0.15) is 0 Å². The zero-order chi connectivity index (χ0) is 19.0. The Bertz CT molecular complexity index is 1160. The number of aromatic nitrogens is 2. The van der Waals surface area contributed by atoms with Crippen molar-refractivity contribution in [1.82, 2.24) is 9.38 Å². The van der Waals surface area contributed by atoms with Gasteiger partial charge in [0, 0.05) is 35.3 Å². The Balaban J connectivity index is 1.63. The number of carbonyl (C=O) groups is 1. The molecule has 2 aromatic carbocycles. The molecule has 7 nitrogen and oxygen atoms in total. The van der Waals surface area contributed by atoms with Crippen LogP contribution in [0.4, 0.5) is 11.4 Å². The van der Waals surface area contributed by atoms with Crippen LogP contribution in [0.1, 0.15) is 15.4 Å². The molecule has 0 radical (unpaired) electrons. The van der Waals surface area contributed by atoms with Crippen molar-refractivity contribution in [2.75, 3.05) is 5.32 Å². The average Bonchev–Trinajstić information content (AvgIpc) is 3.22. The Morgan fingerprint density at radius 1 is 1.19 bits per heavy atom. The van der Waals surface area contributed by atoms with E-state index in [1.165, 1.54) is 29.5 Å². The molecule has 8 heteroatoms. The molecular formula is C19H14N4O3S. The molecule has 0 aliphatic carbocycles. The lowest BCUT2D eigenvalue weighted by atomic mass is 10.2.